The van der Waals surface area contributed by atoms with Crippen LogP contribution in [0.25, 0.3) is 0 Å². The predicted octanol–water partition coefficient (Wildman–Crippen LogP) is 4.69. The summed E-state index contributed by atoms with van der Waals surface area (Å²) < 4.78 is 0. The second-order valence-electron chi connectivity index (χ2n) is 4.84. The van der Waals surface area contributed by atoms with Gasteiger partial charge in [-0.2, -0.15) is 0 Å². The number of aryl methyl sites for hydroxylation is 3. The summed E-state index contributed by atoms with van der Waals surface area (Å²) in [4.78, 5) is 4.42. The predicted molar refractivity (Wildman–Crippen MR) is 80.3 cm³/mol. The van der Waals surface area contributed by atoms with Crippen LogP contribution in [0.5, 0.6) is 0 Å². The minimum atomic E-state index is 0.362. The van der Waals surface area contributed by atoms with E-state index in [0.29, 0.717) is 4.83 Å². The molecule has 1 aromatic heterocycles. The van der Waals surface area contributed by atoms with Gasteiger partial charge < -0.3 is 0 Å². The van der Waals surface area contributed by atoms with E-state index in [1.54, 1.807) is 0 Å². The first-order valence-corrected chi connectivity index (χ1v) is 7.10. The first-order valence-electron chi connectivity index (χ1n) is 6.18. The molecule has 0 aliphatic carbocycles. The normalized spacial score (nSPS) is 12.4. The lowest BCUT2D eigenvalue weighted by Crippen LogP contribution is -2.01. The molecule has 94 valence electrons. The molecule has 0 N–H and O–H groups in total. The average molecular weight is 304 g/mol. The zero-order chi connectivity index (χ0) is 13.1. The summed E-state index contributed by atoms with van der Waals surface area (Å²) >= 11 is 3.83. The van der Waals surface area contributed by atoms with Crippen molar-refractivity contribution in [2.45, 2.75) is 32.0 Å². The fourth-order valence-corrected chi connectivity index (χ4v) is 3.61. The molecule has 0 aliphatic heterocycles. The van der Waals surface area contributed by atoms with Crippen molar-refractivity contribution >= 4 is 15.9 Å². The summed E-state index contributed by atoms with van der Waals surface area (Å²) in [5.41, 5.74) is 6.79. The maximum Gasteiger partial charge on any atom is 0.0440 e. The highest BCUT2D eigenvalue weighted by atomic mass is 79.9. The fourth-order valence-electron chi connectivity index (χ4n) is 2.51. The van der Waals surface area contributed by atoms with Crippen molar-refractivity contribution in [1.29, 1.82) is 0 Å². The molecule has 1 nitrogen and oxygen atoms in total. The van der Waals surface area contributed by atoms with Crippen LogP contribution in [0.1, 0.15) is 32.6 Å². The van der Waals surface area contributed by atoms with Crippen molar-refractivity contribution in [1.82, 2.24) is 4.98 Å². The molecule has 0 fully saturated rings. The number of aromatic nitrogens is 1. The lowest BCUT2D eigenvalue weighted by Gasteiger charge is -2.17. The van der Waals surface area contributed by atoms with Gasteiger partial charge in [-0.25, -0.2) is 0 Å². The number of benzene rings is 1. The van der Waals surface area contributed by atoms with Crippen LogP contribution in [0.15, 0.2) is 36.7 Å². The van der Waals surface area contributed by atoms with Crippen LogP contribution in [0, 0.1) is 20.8 Å². The maximum atomic E-state index is 4.06. The van der Waals surface area contributed by atoms with E-state index < -0.39 is 0 Å². The Balaban J connectivity index is 2.27. The van der Waals surface area contributed by atoms with Crippen molar-refractivity contribution in [3.05, 3.63) is 64.5 Å². The topological polar surface area (TPSA) is 12.9 Å². The Bertz CT molecular complexity index is 511. The van der Waals surface area contributed by atoms with Crippen molar-refractivity contribution < 1.29 is 0 Å². The van der Waals surface area contributed by atoms with Crippen LogP contribution in [0.4, 0.5) is 0 Å². The van der Waals surface area contributed by atoms with Gasteiger partial charge in [0.2, 0.25) is 0 Å². The Labute approximate surface area is 117 Å². The molecule has 2 aromatic rings. The second kappa shape index (κ2) is 5.66. The van der Waals surface area contributed by atoms with Gasteiger partial charge in [0.05, 0.1) is 0 Å². The van der Waals surface area contributed by atoms with Gasteiger partial charge in [-0.05, 0) is 61.6 Å². The van der Waals surface area contributed by atoms with E-state index in [9.17, 15) is 0 Å². The van der Waals surface area contributed by atoms with Gasteiger partial charge >= 0.3 is 0 Å². The Morgan fingerprint density at radius 1 is 1.06 bits per heavy atom. The molecule has 1 unspecified atom stereocenters. The molecule has 2 heteroatoms. The quantitative estimate of drug-likeness (QED) is 0.750. The fraction of sp³-hybridized carbons (Fsp3) is 0.312. The third-order valence-corrected chi connectivity index (χ3v) is 4.00. The van der Waals surface area contributed by atoms with Crippen LogP contribution in [0.3, 0.4) is 0 Å². The number of nitrogens with zero attached hydrogens (tertiary/aromatic N) is 1. The molecule has 2 rings (SSSR count). The van der Waals surface area contributed by atoms with E-state index in [0.717, 1.165) is 6.42 Å². The molecular formula is C16H18BrN. The van der Waals surface area contributed by atoms with Crippen molar-refractivity contribution in [2.75, 3.05) is 0 Å². The summed E-state index contributed by atoms with van der Waals surface area (Å²) in [6.07, 6.45) is 4.70. The molecular weight excluding hydrogens is 286 g/mol. The van der Waals surface area contributed by atoms with Crippen LogP contribution in [0.2, 0.25) is 0 Å². The summed E-state index contributed by atoms with van der Waals surface area (Å²) in [6, 6.07) is 8.66. The molecule has 0 spiro atoms. The third kappa shape index (κ3) is 2.99. The minimum absolute atomic E-state index is 0.362. The van der Waals surface area contributed by atoms with E-state index in [4.69, 9.17) is 0 Å². The smallest absolute Gasteiger partial charge is 0.0440 e. The van der Waals surface area contributed by atoms with Gasteiger partial charge in [0.15, 0.2) is 0 Å². The van der Waals surface area contributed by atoms with Crippen molar-refractivity contribution in [3.8, 4) is 0 Å². The summed E-state index contributed by atoms with van der Waals surface area (Å²) in [7, 11) is 0. The van der Waals surface area contributed by atoms with Crippen LogP contribution < -0.4 is 0 Å². The number of rotatable bonds is 3. The van der Waals surface area contributed by atoms with Crippen molar-refractivity contribution in [3.63, 3.8) is 0 Å². The largest absolute Gasteiger partial charge is 0.265 e. The van der Waals surface area contributed by atoms with Gasteiger partial charge in [-0.15, -0.1) is 0 Å². The van der Waals surface area contributed by atoms with E-state index in [-0.39, 0.29) is 0 Å². The number of hydrogen-bond acceptors (Lipinski definition) is 1. The Morgan fingerprint density at radius 2 is 1.61 bits per heavy atom. The van der Waals surface area contributed by atoms with E-state index >= 15 is 0 Å². The van der Waals surface area contributed by atoms with E-state index in [1.807, 2.05) is 12.4 Å². The van der Waals surface area contributed by atoms with Gasteiger partial charge in [-0.3, -0.25) is 4.98 Å². The monoisotopic (exact) mass is 303 g/mol. The molecule has 0 amide bonds. The highest BCUT2D eigenvalue weighted by molar-refractivity contribution is 9.09. The highest BCUT2D eigenvalue weighted by Crippen LogP contribution is 2.32. The molecule has 0 bridgehead atoms. The SMILES string of the molecule is Cc1cc(C)c(C(Br)Cc2ccncc2)c(C)c1. The van der Waals surface area contributed by atoms with E-state index in [1.165, 1.54) is 27.8 Å². The lowest BCUT2D eigenvalue weighted by molar-refractivity contribution is 0.922. The van der Waals surface area contributed by atoms with Gasteiger partial charge in [0.1, 0.15) is 0 Å². The van der Waals surface area contributed by atoms with E-state index in [2.05, 4.69) is 66.0 Å². The van der Waals surface area contributed by atoms with Gasteiger partial charge in [-0.1, -0.05) is 33.6 Å². The summed E-state index contributed by atoms with van der Waals surface area (Å²) in [5, 5.41) is 0. The van der Waals surface area contributed by atoms with Crippen LogP contribution in [-0.4, -0.2) is 4.98 Å². The molecule has 0 saturated heterocycles. The molecule has 1 atom stereocenters. The Kier molecular flexibility index (Phi) is 4.18. The number of hydrogen-bond donors (Lipinski definition) is 0. The maximum absolute atomic E-state index is 4.06. The lowest BCUT2D eigenvalue weighted by atomic mass is 9.95. The van der Waals surface area contributed by atoms with Crippen molar-refractivity contribution in [2.24, 2.45) is 0 Å². The zero-order valence-electron chi connectivity index (χ0n) is 11.1. The molecule has 0 saturated carbocycles. The first-order chi connectivity index (χ1) is 8.58. The highest BCUT2D eigenvalue weighted by Gasteiger charge is 2.14. The molecule has 18 heavy (non-hydrogen) atoms. The minimum Gasteiger partial charge on any atom is -0.265 e. The average Bonchev–Trinajstić information content (AvgIpc) is 2.28. The Morgan fingerprint density at radius 3 is 2.17 bits per heavy atom. The molecule has 0 radical (unpaired) electrons. The second-order valence-corrected chi connectivity index (χ2v) is 5.94. The van der Waals surface area contributed by atoms with Crippen LogP contribution in [-0.2, 0) is 6.42 Å². The van der Waals surface area contributed by atoms with Gasteiger partial charge in [0, 0.05) is 17.2 Å². The summed E-state index contributed by atoms with van der Waals surface area (Å²) in [6.45, 7) is 6.53. The standard InChI is InChI=1S/C16H18BrN/c1-11-8-12(2)16(13(3)9-11)15(17)10-14-4-6-18-7-5-14/h4-9,15H,10H2,1-3H3. The zero-order valence-corrected chi connectivity index (χ0v) is 12.7. The molecule has 1 heterocycles. The molecule has 1 aromatic carbocycles. The van der Waals surface area contributed by atoms with Gasteiger partial charge in [0.25, 0.3) is 0 Å². The number of alkyl halides is 1. The molecule has 0 aliphatic rings. The number of pyridine rings is 1. The first kappa shape index (κ1) is 13.3. The van der Waals surface area contributed by atoms with Crippen LogP contribution >= 0.6 is 15.9 Å². The summed E-state index contributed by atoms with van der Waals surface area (Å²) in [5.74, 6) is 0. The number of halogens is 1. The Hall–Kier alpha value is -1.15. The third-order valence-electron chi connectivity index (χ3n) is 3.22.